The van der Waals surface area contributed by atoms with E-state index >= 15 is 0 Å². The quantitative estimate of drug-likeness (QED) is 0.575. The second kappa shape index (κ2) is 9.33. The lowest BCUT2D eigenvalue weighted by atomic mass is 10.00. The number of nitrogens with zero attached hydrogens (tertiary/aromatic N) is 3. The lowest BCUT2D eigenvalue weighted by molar-refractivity contribution is -0.274. The van der Waals surface area contributed by atoms with Crippen molar-refractivity contribution in [3.63, 3.8) is 0 Å². The Morgan fingerprint density at radius 1 is 1.03 bits per heavy atom. The van der Waals surface area contributed by atoms with Crippen molar-refractivity contribution < 1.29 is 22.6 Å². The van der Waals surface area contributed by atoms with Crippen LogP contribution in [0.3, 0.4) is 0 Å². The van der Waals surface area contributed by atoms with Crippen molar-refractivity contribution in [3.8, 4) is 11.8 Å². The van der Waals surface area contributed by atoms with Crippen LogP contribution in [0.25, 0.3) is 0 Å². The molecule has 6 nitrogen and oxygen atoms in total. The molecule has 1 aromatic heterocycles. The number of fused-ring (bicyclic) bond motifs is 1. The van der Waals surface area contributed by atoms with E-state index in [1.54, 1.807) is 12.1 Å². The summed E-state index contributed by atoms with van der Waals surface area (Å²) in [5, 5.41) is 3.25. The van der Waals surface area contributed by atoms with E-state index < -0.39 is 6.36 Å². The van der Waals surface area contributed by atoms with Crippen LogP contribution in [0.1, 0.15) is 16.7 Å². The normalized spacial score (nSPS) is 13.4. The Kier molecular flexibility index (Phi) is 6.34. The van der Waals surface area contributed by atoms with Crippen LogP contribution in [-0.2, 0) is 19.4 Å². The summed E-state index contributed by atoms with van der Waals surface area (Å²) in [6.45, 7) is 2.16. The molecule has 1 aliphatic rings. The molecule has 168 valence electrons. The zero-order chi connectivity index (χ0) is 22.6. The van der Waals surface area contributed by atoms with E-state index in [0.29, 0.717) is 18.8 Å². The molecule has 1 aliphatic heterocycles. The summed E-state index contributed by atoms with van der Waals surface area (Å²) in [5.74, 6) is 1.17. The summed E-state index contributed by atoms with van der Waals surface area (Å²) in [4.78, 5) is 11.1. The number of methoxy groups -OCH3 is 1. The molecule has 3 aromatic rings. The minimum atomic E-state index is -4.69. The maximum absolute atomic E-state index is 12.3. The Bertz CT molecular complexity index is 1060. The highest BCUT2D eigenvalue weighted by Gasteiger charge is 2.30. The van der Waals surface area contributed by atoms with Gasteiger partial charge in [-0.05, 0) is 41.7 Å². The lowest BCUT2D eigenvalue weighted by Gasteiger charge is -2.30. The Morgan fingerprint density at radius 2 is 1.78 bits per heavy atom. The number of ether oxygens (including phenoxy) is 2. The van der Waals surface area contributed by atoms with Gasteiger partial charge in [0.1, 0.15) is 17.4 Å². The van der Waals surface area contributed by atoms with Crippen LogP contribution in [0.2, 0.25) is 0 Å². The van der Waals surface area contributed by atoms with Gasteiger partial charge >= 0.3 is 12.4 Å². The van der Waals surface area contributed by atoms with Crippen LogP contribution in [0, 0.1) is 0 Å². The van der Waals surface area contributed by atoms with E-state index in [0.717, 1.165) is 30.9 Å². The average Bonchev–Trinajstić information content (AvgIpc) is 2.78. The van der Waals surface area contributed by atoms with E-state index in [1.807, 2.05) is 12.1 Å². The molecule has 0 unspecified atom stereocenters. The first-order valence-electron chi connectivity index (χ1n) is 10.2. The summed E-state index contributed by atoms with van der Waals surface area (Å²) >= 11 is 0. The third-order valence-electron chi connectivity index (χ3n) is 5.21. The van der Waals surface area contributed by atoms with Crippen LogP contribution in [0.4, 0.5) is 24.8 Å². The molecule has 0 fully saturated rings. The molecule has 0 radical (unpaired) electrons. The lowest BCUT2D eigenvalue weighted by Crippen LogP contribution is -2.31. The summed E-state index contributed by atoms with van der Waals surface area (Å²) in [6.07, 6.45) is -3.15. The Labute approximate surface area is 184 Å². The molecular formula is C23H23F3N4O2. The van der Waals surface area contributed by atoms with E-state index in [1.165, 1.54) is 30.4 Å². The Hall–Kier alpha value is -3.49. The zero-order valence-electron chi connectivity index (χ0n) is 17.5. The van der Waals surface area contributed by atoms with Crippen LogP contribution in [0.5, 0.6) is 11.8 Å². The third-order valence-corrected chi connectivity index (χ3v) is 5.21. The average molecular weight is 444 g/mol. The van der Waals surface area contributed by atoms with Crippen molar-refractivity contribution in [1.29, 1.82) is 0 Å². The molecule has 32 heavy (non-hydrogen) atoms. The van der Waals surface area contributed by atoms with Gasteiger partial charge in [0.2, 0.25) is 0 Å². The summed E-state index contributed by atoms with van der Waals surface area (Å²) in [5.41, 5.74) is 3.51. The van der Waals surface area contributed by atoms with E-state index in [-0.39, 0.29) is 11.8 Å². The number of aromatic nitrogens is 2. The smallest absolute Gasteiger partial charge is 0.467 e. The van der Waals surface area contributed by atoms with Gasteiger partial charge in [-0.2, -0.15) is 9.97 Å². The fraction of sp³-hybridized carbons (Fsp3) is 0.304. The summed E-state index contributed by atoms with van der Waals surface area (Å²) in [6, 6.07) is 16.4. The van der Waals surface area contributed by atoms with Gasteiger partial charge in [-0.3, -0.25) is 0 Å². The fourth-order valence-electron chi connectivity index (χ4n) is 3.64. The molecule has 0 amide bonds. The van der Waals surface area contributed by atoms with Gasteiger partial charge < -0.3 is 19.7 Å². The number of benzene rings is 2. The van der Waals surface area contributed by atoms with Crippen LogP contribution >= 0.6 is 0 Å². The molecular weight excluding hydrogens is 421 g/mol. The van der Waals surface area contributed by atoms with E-state index in [2.05, 4.69) is 43.1 Å². The van der Waals surface area contributed by atoms with Crippen molar-refractivity contribution >= 4 is 11.6 Å². The minimum absolute atomic E-state index is 0.234. The maximum atomic E-state index is 12.3. The van der Waals surface area contributed by atoms with E-state index in [9.17, 15) is 13.2 Å². The molecule has 0 aliphatic carbocycles. The number of halogens is 3. The maximum Gasteiger partial charge on any atom is 0.573 e. The monoisotopic (exact) mass is 444 g/mol. The van der Waals surface area contributed by atoms with Gasteiger partial charge in [-0.25, -0.2) is 0 Å². The molecule has 2 aromatic carbocycles. The van der Waals surface area contributed by atoms with Crippen LogP contribution < -0.4 is 19.7 Å². The summed E-state index contributed by atoms with van der Waals surface area (Å²) in [7, 11) is 1.53. The SMILES string of the molecule is COc1nc(NCCc2ccc(OC(F)(F)F)cc2)cc(N2CCc3ccccc3C2)n1. The van der Waals surface area contributed by atoms with Crippen LogP contribution in [-0.4, -0.2) is 36.5 Å². The number of alkyl halides is 3. The van der Waals surface area contributed by atoms with E-state index in [4.69, 9.17) is 4.74 Å². The number of rotatable bonds is 7. The molecule has 0 saturated carbocycles. The standard InChI is InChI=1S/C23H23F3N4O2/c1-31-22-28-20(27-12-10-16-6-8-19(9-7-16)32-23(24,25)26)14-21(29-22)30-13-11-17-4-2-3-5-18(17)15-30/h2-9,14H,10-13,15H2,1H3,(H,27,28,29). The number of hydrogen-bond donors (Lipinski definition) is 1. The largest absolute Gasteiger partial charge is 0.573 e. The molecule has 9 heteroatoms. The van der Waals surface area contributed by atoms with Crippen molar-refractivity contribution in [3.05, 3.63) is 71.3 Å². The fourth-order valence-corrected chi connectivity index (χ4v) is 3.64. The highest BCUT2D eigenvalue weighted by Crippen LogP contribution is 2.26. The number of anilines is 2. The highest BCUT2D eigenvalue weighted by atomic mass is 19.4. The highest BCUT2D eigenvalue weighted by molar-refractivity contribution is 5.52. The second-order valence-electron chi connectivity index (χ2n) is 7.41. The van der Waals surface area contributed by atoms with Gasteiger partial charge in [0.15, 0.2) is 0 Å². The van der Waals surface area contributed by atoms with Crippen molar-refractivity contribution in [2.24, 2.45) is 0 Å². The minimum Gasteiger partial charge on any atom is -0.467 e. The van der Waals surface area contributed by atoms with Gasteiger partial charge in [0.05, 0.1) is 7.11 Å². The molecule has 0 bridgehead atoms. The van der Waals surface area contributed by atoms with Gasteiger partial charge in [-0.15, -0.1) is 13.2 Å². The number of hydrogen-bond acceptors (Lipinski definition) is 6. The predicted molar refractivity (Wildman–Crippen MR) is 115 cm³/mol. The first-order chi connectivity index (χ1) is 15.4. The molecule has 2 heterocycles. The van der Waals surface area contributed by atoms with Gasteiger partial charge in [0, 0.05) is 25.7 Å². The molecule has 1 N–H and O–H groups in total. The third kappa shape index (κ3) is 5.60. The Balaban J connectivity index is 1.39. The summed E-state index contributed by atoms with van der Waals surface area (Å²) < 4.78 is 46.0. The number of nitrogens with one attached hydrogen (secondary N) is 1. The zero-order valence-corrected chi connectivity index (χ0v) is 17.5. The van der Waals surface area contributed by atoms with Crippen molar-refractivity contribution in [2.75, 3.05) is 30.4 Å². The first-order valence-corrected chi connectivity index (χ1v) is 10.2. The van der Waals surface area contributed by atoms with Crippen LogP contribution in [0.15, 0.2) is 54.6 Å². The Morgan fingerprint density at radius 3 is 2.50 bits per heavy atom. The van der Waals surface area contributed by atoms with Crippen molar-refractivity contribution in [2.45, 2.75) is 25.7 Å². The first kappa shape index (κ1) is 21.7. The topological polar surface area (TPSA) is 59.5 Å². The molecule has 0 saturated heterocycles. The van der Waals surface area contributed by atoms with Crippen molar-refractivity contribution in [1.82, 2.24) is 9.97 Å². The molecule has 0 atom stereocenters. The van der Waals surface area contributed by atoms with Gasteiger partial charge in [-0.1, -0.05) is 36.4 Å². The second-order valence-corrected chi connectivity index (χ2v) is 7.41. The van der Waals surface area contributed by atoms with Gasteiger partial charge in [0.25, 0.3) is 0 Å². The molecule has 4 rings (SSSR count). The molecule has 0 spiro atoms. The predicted octanol–water partition coefficient (Wildman–Crippen LogP) is 4.60.